The van der Waals surface area contributed by atoms with Crippen LogP contribution in [0.5, 0.6) is 0 Å². The Labute approximate surface area is 164 Å². The van der Waals surface area contributed by atoms with Gasteiger partial charge in [-0.3, -0.25) is 9.69 Å². The third kappa shape index (κ3) is 4.41. The standard InChI is InChI=1S/C19H28N6O3/c1-13-22-18(23-28-13)3-5-21-19(26)7-17-16-4-6-25(9-14(16)11-27-17)10-15-8-20-12-24(15)2/h8,12,14,16-17H,3-7,9-11H2,1-2H3,(H,21,26)/t14-,16-,17+/m1/s1. The zero-order chi connectivity index (χ0) is 19.5. The number of fused-ring (bicyclic) bond motifs is 1. The van der Waals surface area contributed by atoms with Crippen LogP contribution >= 0.6 is 0 Å². The Morgan fingerprint density at radius 1 is 1.43 bits per heavy atom. The first-order valence-electron chi connectivity index (χ1n) is 9.93. The maximum atomic E-state index is 12.3. The van der Waals surface area contributed by atoms with Crippen molar-refractivity contribution >= 4 is 5.91 Å². The lowest BCUT2D eigenvalue weighted by atomic mass is 9.83. The third-order valence-electron chi connectivity index (χ3n) is 5.81. The summed E-state index contributed by atoms with van der Waals surface area (Å²) >= 11 is 0. The van der Waals surface area contributed by atoms with Crippen molar-refractivity contribution in [1.29, 1.82) is 0 Å². The molecule has 152 valence electrons. The molecule has 4 rings (SSSR count). The van der Waals surface area contributed by atoms with Gasteiger partial charge in [0, 0.05) is 52.1 Å². The van der Waals surface area contributed by atoms with E-state index in [0.29, 0.717) is 42.9 Å². The van der Waals surface area contributed by atoms with E-state index < -0.39 is 0 Å². The summed E-state index contributed by atoms with van der Waals surface area (Å²) in [5, 5.41) is 6.78. The topological polar surface area (TPSA) is 98.3 Å². The number of likely N-dealkylation sites (tertiary alicyclic amines) is 1. The molecule has 0 aromatic carbocycles. The Hall–Kier alpha value is -2.26. The molecule has 1 N–H and O–H groups in total. The molecule has 9 heteroatoms. The molecule has 2 fully saturated rings. The van der Waals surface area contributed by atoms with Crippen molar-refractivity contribution < 1.29 is 14.1 Å². The van der Waals surface area contributed by atoms with Crippen molar-refractivity contribution in [1.82, 2.24) is 29.9 Å². The summed E-state index contributed by atoms with van der Waals surface area (Å²) in [5.41, 5.74) is 1.23. The first kappa shape index (κ1) is 19.1. The summed E-state index contributed by atoms with van der Waals surface area (Å²) in [6.07, 6.45) is 5.87. The van der Waals surface area contributed by atoms with E-state index in [0.717, 1.165) is 32.7 Å². The largest absolute Gasteiger partial charge is 0.377 e. The van der Waals surface area contributed by atoms with Gasteiger partial charge in [-0.05, 0) is 18.9 Å². The fourth-order valence-corrected chi connectivity index (χ4v) is 4.29. The smallest absolute Gasteiger partial charge is 0.223 e. The first-order valence-corrected chi connectivity index (χ1v) is 9.93. The third-order valence-corrected chi connectivity index (χ3v) is 5.81. The van der Waals surface area contributed by atoms with Gasteiger partial charge in [0.15, 0.2) is 5.82 Å². The van der Waals surface area contributed by atoms with E-state index >= 15 is 0 Å². The maximum Gasteiger partial charge on any atom is 0.223 e. The Morgan fingerprint density at radius 2 is 2.32 bits per heavy atom. The molecular formula is C19H28N6O3. The lowest BCUT2D eigenvalue weighted by Crippen LogP contribution is -2.42. The van der Waals surface area contributed by atoms with Crippen LogP contribution in [0.1, 0.15) is 30.3 Å². The van der Waals surface area contributed by atoms with Crippen LogP contribution in [0.2, 0.25) is 0 Å². The van der Waals surface area contributed by atoms with Crippen LogP contribution in [0.3, 0.4) is 0 Å². The van der Waals surface area contributed by atoms with E-state index in [1.54, 1.807) is 6.92 Å². The molecular weight excluding hydrogens is 360 g/mol. The molecule has 0 bridgehead atoms. The molecule has 0 unspecified atom stereocenters. The summed E-state index contributed by atoms with van der Waals surface area (Å²) < 4.78 is 13.0. The van der Waals surface area contributed by atoms with E-state index in [9.17, 15) is 4.79 Å². The molecule has 2 aromatic heterocycles. The number of carbonyl (C=O) groups is 1. The highest BCUT2D eigenvalue weighted by Gasteiger charge is 2.41. The molecule has 9 nitrogen and oxygen atoms in total. The molecule has 3 atom stereocenters. The molecule has 2 aromatic rings. The number of aromatic nitrogens is 4. The van der Waals surface area contributed by atoms with Crippen LogP contribution in [0.15, 0.2) is 17.0 Å². The number of rotatable bonds is 7. The lowest BCUT2D eigenvalue weighted by molar-refractivity contribution is -0.123. The van der Waals surface area contributed by atoms with Crippen molar-refractivity contribution in [3.63, 3.8) is 0 Å². The molecule has 0 saturated carbocycles. The average molecular weight is 388 g/mol. The fraction of sp³-hybridized carbons (Fsp3) is 0.684. The number of aryl methyl sites for hydroxylation is 2. The van der Waals surface area contributed by atoms with E-state index in [1.165, 1.54) is 5.69 Å². The molecule has 0 radical (unpaired) electrons. The van der Waals surface area contributed by atoms with Gasteiger partial charge >= 0.3 is 0 Å². The second-order valence-corrected chi connectivity index (χ2v) is 7.85. The quantitative estimate of drug-likeness (QED) is 0.745. The van der Waals surface area contributed by atoms with Crippen molar-refractivity contribution in [2.24, 2.45) is 18.9 Å². The van der Waals surface area contributed by atoms with Gasteiger partial charge in [-0.2, -0.15) is 4.98 Å². The molecule has 0 spiro atoms. The molecule has 4 heterocycles. The highest BCUT2D eigenvalue weighted by molar-refractivity contribution is 5.76. The highest BCUT2D eigenvalue weighted by Crippen LogP contribution is 2.36. The van der Waals surface area contributed by atoms with Gasteiger partial charge in [0.25, 0.3) is 0 Å². The summed E-state index contributed by atoms with van der Waals surface area (Å²) in [6.45, 7) is 5.98. The highest BCUT2D eigenvalue weighted by atomic mass is 16.5. The van der Waals surface area contributed by atoms with Crippen LogP contribution in [-0.4, -0.2) is 62.8 Å². The monoisotopic (exact) mass is 388 g/mol. The minimum atomic E-state index is 0.0243. The molecule has 2 aliphatic rings. The molecule has 2 aliphatic heterocycles. The van der Waals surface area contributed by atoms with E-state index in [-0.39, 0.29) is 12.0 Å². The normalized spacial score (nSPS) is 25.0. The van der Waals surface area contributed by atoms with Gasteiger partial charge in [0.05, 0.1) is 31.2 Å². The number of hydrogen-bond acceptors (Lipinski definition) is 7. The van der Waals surface area contributed by atoms with Gasteiger partial charge in [-0.15, -0.1) is 0 Å². The Kier molecular flexibility index (Phi) is 5.72. The van der Waals surface area contributed by atoms with Crippen LogP contribution in [-0.2, 0) is 29.5 Å². The minimum absolute atomic E-state index is 0.0243. The summed E-state index contributed by atoms with van der Waals surface area (Å²) in [5.74, 6) is 2.16. The number of nitrogens with zero attached hydrogens (tertiary/aromatic N) is 5. The van der Waals surface area contributed by atoms with E-state index in [1.807, 2.05) is 19.6 Å². The first-order chi connectivity index (χ1) is 13.6. The Balaban J connectivity index is 1.21. The van der Waals surface area contributed by atoms with Gasteiger partial charge in [0.2, 0.25) is 11.8 Å². The van der Waals surface area contributed by atoms with Crippen molar-refractivity contribution in [2.45, 2.75) is 38.8 Å². The van der Waals surface area contributed by atoms with Gasteiger partial charge < -0.3 is 19.1 Å². The molecule has 0 aliphatic carbocycles. The maximum absolute atomic E-state index is 12.3. The zero-order valence-corrected chi connectivity index (χ0v) is 16.5. The number of carbonyl (C=O) groups excluding carboxylic acids is 1. The minimum Gasteiger partial charge on any atom is -0.377 e. The molecule has 28 heavy (non-hydrogen) atoms. The van der Waals surface area contributed by atoms with Gasteiger partial charge in [-0.1, -0.05) is 5.16 Å². The number of piperidine rings is 1. The van der Waals surface area contributed by atoms with E-state index in [2.05, 4.69) is 29.9 Å². The number of hydrogen-bond donors (Lipinski definition) is 1. The number of imidazole rings is 1. The number of amides is 1. The van der Waals surface area contributed by atoms with Crippen molar-refractivity contribution in [3.8, 4) is 0 Å². The number of nitrogens with one attached hydrogen (secondary N) is 1. The number of ether oxygens (including phenoxy) is 1. The van der Waals surface area contributed by atoms with Crippen LogP contribution in [0.4, 0.5) is 0 Å². The Bertz CT molecular complexity index is 803. The zero-order valence-electron chi connectivity index (χ0n) is 16.5. The van der Waals surface area contributed by atoms with Crippen LogP contribution in [0, 0.1) is 18.8 Å². The lowest BCUT2D eigenvalue weighted by Gasteiger charge is -2.35. The second kappa shape index (κ2) is 8.40. The van der Waals surface area contributed by atoms with Gasteiger partial charge in [-0.25, -0.2) is 4.98 Å². The van der Waals surface area contributed by atoms with Gasteiger partial charge in [0.1, 0.15) is 0 Å². The summed E-state index contributed by atoms with van der Waals surface area (Å²) in [6, 6.07) is 0. The van der Waals surface area contributed by atoms with Crippen LogP contribution in [0.25, 0.3) is 0 Å². The fourth-order valence-electron chi connectivity index (χ4n) is 4.29. The summed E-state index contributed by atoms with van der Waals surface area (Å²) in [4.78, 5) is 23.1. The predicted molar refractivity (Wildman–Crippen MR) is 100 cm³/mol. The van der Waals surface area contributed by atoms with Crippen molar-refractivity contribution in [2.75, 3.05) is 26.2 Å². The predicted octanol–water partition coefficient (Wildman–Crippen LogP) is 0.697. The second-order valence-electron chi connectivity index (χ2n) is 7.85. The average Bonchev–Trinajstić information content (AvgIpc) is 3.37. The molecule has 1 amide bonds. The van der Waals surface area contributed by atoms with E-state index in [4.69, 9.17) is 9.26 Å². The summed E-state index contributed by atoms with van der Waals surface area (Å²) in [7, 11) is 2.03. The van der Waals surface area contributed by atoms with Crippen LogP contribution < -0.4 is 5.32 Å². The molecule has 2 saturated heterocycles. The SMILES string of the molecule is Cc1nc(CCNC(=O)C[C@@H]2OC[C@H]3CN(Cc4cncn4C)CC[C@H]32)no1. The van der Waals surface area contributed by atoms with Crippen molar-refractivity contribution in [3.05, 3.63) is 29.9 Å². The Morgan fingerprint density at radius 3 is 3.07 bits per heavy atom.